The Balaban J connectivity index is 1.44. The number of aromatic amines is 1. The molecular formula is C18H21N5O2. The summed E-state index contributed by atoms with van der Waals surface area (Å²) in [6, 6.07) is 9.42. The van der Waals surface area contributed by atoms with E-state index in [0.717, 1.165) is 36.7 Å². The van der Waals surface area contributed by atoms with Crippen molar-refractivity contribution in [3.63, 3.8) is 0 Å². The van der Waals surface area contributed by atoms with Gasteiger partial charge >= 0.3 is 0 Å². The van der Waals surface area contributed by atoms with Crippen molar-refractivity contribution in [2.24, 2.45) is 7.05 Å². The number of nitrogens with one attached hydrogen (secondary N) is 1. The Morgan fingerprint density at radius 3 is 3.04 bits per heavy atom. The number of hydrogen-bond donors (Lipinski definition) is 1. The lowest BCUT2D eigenvalue weighted by molar-refractivity contribution is -0.0334. The molecule has 3 heterocycles. The SMILES string of the molecule is Cn1nccc1C1CN(CCc2nc3ccccc3c(=O)[nH]2)CCO1. The molecule has 0 radical (unpaired) electrons. The number of aromatic nitrogens is 4. The number of H-pyrrole nitrogens is 1. The average molecular weight is 339 g/mol. The van der Waals surface area contributed by atoms with Crippen LogP contribution in [0.4, 0.5) is 0 Å². The molecule has 25 heavy (non-hydrogen) atoms. The molecule has 0 bridgehead atoms. The van der Waals surface area contributed by atoms with Crippen LogP contribution in [0.1, 0.15) is 17.6 Å². The summed E-state index contributed by atoms with van der Waals surface area (Å²) < 4.78 is 7.74. The maximum Gasteiger partial charge on any atom is 0.258 e. The third-order valence-corrected chi connectivity index (χ3v) is 4.67. The minimum absolute atomic E-state index is 0.0323. The maximum absolute atomic E-state index is 12.2. The highest BCUT2D eigenvalue weighted by Gasteiger charge is 2.24. The molecule has 1 N–H and O–H groups in total. The third kappa shape index (κ3) is 3.33. The van der Waals surface area contributed by atoms with Crippen molar-refractivity contribution in [1.82, 2.24) is 24.6 Å². The van der Waals surface area contributed by atoms with E-state index in [1.165, 1.54) is 0 Å². The summed E-state index contributed by atoms with van der Waals surface area (Å²) in [4.78, 5) is 22.0. The van der Waals surface area contributed by atoms with Gasteiger partial charge in [-0.3, -0.25) is 14.4 Å². The van der Waals surface area contributed by atoms with Crippen LogP contribution in [0.15, 0.2) is 41.3 Å². The molecule has 0 amide bonds. The monoisotopic (exact) mass is 339 g/mol. The third-order valence-electron chi connectivity index (χ3n) is 4.67. The minimum atomic E-state index is -0.0738. The van der Waals surface area contributed by atoms with Crippen molar-refractivity contribution >= 4 is 10.9 Å². The number of aryl methyl sites for hydroxylation is 1. The topological polar surface area (TPSA) is 76.0 Å². The second-order valence-electron chi connectivity index (χ2n) is 6.32. The van der Waals surface area contributed by atoms with E-state index in [4.69, 9.17) is 4.74 Å². The Morgan fingerprint density at radius 2 is 2.20 bits per heavy atom. The Bertz CT molecular complexity index is 932. The van der Waals surface area contributed by atoms with Gasteiger partial charge in [-0.25, -0.2) is 4.98 Å². The molecule has 130 valence electrons. The number of fused-ring (bicyclic) bond motifs is 1. The standard InChI is InChI=1S/C18H21N5O2/c1-22-15(6-8-19-22)16-12-23(10-11-25-16)9-7-17-20-14-5-3-2-4-13(14)18(24)21-17/h2-6,8,16H,7,9-12H2,1H3,(H,20,21,24). The van der Waals surface area contributed by atoms with Gasteiger partial charge in [-0.15, -0.1) is 0 Å². The molecule has 0 aliphatic carbocycles. The molecule has 7 heteroatoms. The lowest BCUT2D eigenvalue weighted by Crippen LogP contribution is -2.40. The molecule has 1 aliphatic rings. The molecule has 1 atom stereocenters. The summed E-state index contributed by atoms with van der Waals surface area (Å²) in [7, 11) is 1.93. The van der Waals surface area contributed by atoms with Gasteiger partial charge in [0.25, 0.3) is 5.56 Å². The molecular weight excluding hydrogens is 318 g/mol. The van der Waals surface area contributed by atoms with Crippen LogP contribution in [0.3, 0.4) is 0 Å². The fourth-order valence-corrected chi connectivity index (χ4v) is 3.30. The van der Waals surface area contributed by atoms with E-state index in [9.17, 15) is 4.79 Å². The predicted molar refractivity (Wildman–Crippen MR) is 94.4 cm³/mol. The molecule has 1 aromatic carbocycles. The maximum atomic E-state index is 12.2. The summed E-state index contributed by atoms with van der Waals surface area (Å²) >= 11 is 0. The van der Waals surface area contributed by atoms with E-state index in [2.05, 4.69) is 20.0 Å². The van der Waals surface area contributed by atoms with E-state index in [0.29, 0.717) is 18.4 Å². The predicted octanol–water partition coefficient (Wildman–Crippen LogP) is 1.27. The number of para-hydroxylation sites is 1. The first kappa shape index (κ1) is 16.0. The highest BCUT2D eigenvalue weighted by Crippen LogP contribution is 2.21. The molecule has 7 nitrogen and oxygen atoms in total. The van der Waals surface area contributed by atoms with Crippen LogP contribution in [-0.4, -0.2) is 50.9 Å². The minimum Gasteiger partial charge on any atom is -0.369 e. The van der Waals surface area contributed by atoms with Crippen LogP contribution in [0.2, 0.25) is 0 Å². The fourth-order valence-electron chi connectivity index (χ4n) is 3.30. The molecule has 1 unspecified atom stereocenters. The molecule has 1 fully saturated rings. The molecule has 4 rings (SSSR count). The number of morpholine rings is 1. The smallest absolute Gasteiger partial charge is 0.258 e. The summed E-state index contributed by atoms with van der Waals surface area (Å²) in [5.41, 5.74) is 1.76. The van der Waals surface area contributed by atoms with Gasteiger partial charge in [-0.1, -0.05) is 12.1 Å². The summed E-state index contributed by atoms with van der Waals surface area (Å²) in [5.74, 6) is 0.729. The van der Waals surface area contributed by atoms with Crippen LogP contribution >= 0.6 is 0 Å². The Hall–Kier alpha value is -2.51. The largest absolute Gasteiger partial charge is 0.369 e. The van der Waals surface area contributed by atoms with Crippen LogP contribution in [0.25, 0.3) is 10.9 Å². The van der Waals surface area contributed by atoms with E-state index in [-0.39, 0.29) is 11.7 Å². The fraction of sp³-hybridized carbons (Fsp3) is 0.389. The summed E-state index contributed by atoms with van der Waals surface area (Å²) in [6.45, 7) is 3.22. The summed E-state index contributed by atoms with van der Waals surface area (Å²) in [6.07, 6.45) is 2.53. The second kappa shape index (κ2) is 6.78. The van der Waals surface area contributed by atoms with E-state index < -0.39 is 0 Å². The van der Waals surface area contributed by atoms with Crippen molar-refractivity contribution in [1.29, 1.82) is 0 Å². The summed E-state index contributed by atoms with van der Waals surface area (Å²) in [5, 5.41) is 4.85. The lowest BCUT2D eigenvalue weighted by atomic mass is 10.2. The first-order chi connectivity index (χ1) is 12.2. The molecule has 1 aliphatic heterocycles. The number of benzene rings is 1. The average Bonchev–Trinajstić information content (AvgIpc) is 3.06. The Morgan fingerprint density at radius 1 is 1.32 bits per heavy atom. The van der Waals surface area contributed by atoms with E-state index in [1.807, 2.05) is 36.0 Å². The van der Waals surface area contributed by atoms with Gasteiger partial charge in [0.05, 0.1) is 23.2 Å². The van der Waals surface area contributed by atoms with Crippen LogP contribution in [0, 0.1) is 0 Å². The van der Waals surface area contributed by atoms with Crippen LogP contribution < -0.4 is 5.56 Å². The van der Waals surface area contributed by atoms with E-state index in [1.54, 1.807) is 12.3 Å². The first-order valence-electron chi connectivity index (χ1n) is 8.50. The zero-order valence-electron chi connectivity index (χ0n) is 14.2. The van der Waals surface area contributed by atoms with Crippen molar-refractivity contribution in [3.8, 4) is 0 Å². The van der Waals surface area contributed by atoms with E-state index >= 15 is 0 Å². The highest BCUT2D eigenvalue weighted by molar-refractivity contribution is 5.77. The Labute approximate surface area is 145 Å². The molecule has 0 saturated carbocycles. The van der Waals surface area contributed by atoms with Gasteiger partial charge < -0.3 is 9.72 Å². The zero-order chi connectivity index (χ0) is 17.2. The highest BCUT2D eigenvalue weighted by atomic mass is 16.5. The van der Waals surface area contributed by atoms with Gasteiger partial charge in [0, 0.05) is 39.3 Å². The second-order valence-corrected chi connectivity index (χ2v) is 6.32. The Kier molecular flexibility index (Phi) is 4.33. The molecule has 0 spiro atoms. The van der Waals surface area contributed by atoms with Gasteiger partial charge in [0.1, 0.15) is 11.9 Å². The molecule has 1 saturated heterocycles. The zero-order valence-corrected chi connectivity index (χ0v) is 14.2. The van der Waals surface area contributed by atoms with Gasteiger partial charge in [-0.05, 0) is 18.2 Å². The van der Waals surface area contributed by atoms with Crippen molar-refractivity contribution < 1.29 is 4.74 Å². The normalized spacial score (nSPS) is 18.7. The van der Waals surface area contributed by atoms with Crippen molar-refractivity contribution in [2.75, 3.05) is 26.2 Å². The molecule has 3 aromatic rings. The number of ether oxygens (including phenoxy) is 1. The first-order valence-corrected chi connectivity index (χ1v) is 8.50. The number of nitrogens with zero attached hydrogens (tertiary/aromatic N) is 4. The van der Waals surface area contributed by atoms with Crippen molar-refractivity contribution in [3.05, 3.63) is 58.4 Å². The quantitative estimate of drug-likeness (QED) is 0.775. The van der Waals surface area contributed by atoms with Gasteiger partial charge in [-0.2, -0.15) is 5.10 Å². The number of hydrogen-bond acceptors (Lipinski definition) is 5. The lowest BCUT2D eigenvalue weighted by Gasteiger charge is -2.32. The molecule has 2 aromatic heterocycles. The van der Waals surface area contributed by atoms with Gasteiger partial charge in [0.2, 0.25) is 0 Å². The van der Waals surface area contributed by atoms with Crippen molar-refractivity contribution in [2.45, 2.75) is 12.5 Å². The van der Waals surface area contributed by atoms with Crippen LogP contribution in [-0.2, 0) is 18.2 Å². The van der Waals surface area contributed by atoms with Crippen LogP contribution in [0.5, 0.6) is 0 Å². The van der Waals surface area contributed by atoms with Gasteiger partial charge in [0.15, 0.2) is 0 Å². The number of rotatable bonds is 4.